The summed E-state index contributed by atoms with van der Waals surface area (Å²) in [5, 5.41) is 0. The lowest BCUT2D eigenvalue weighted by Gasteiger charge is -2.40. The van der Waals surface area contributed by atoms with Crippen molar-refractivity contribution in [3.05, 3.63) is 71.3 Å². The molecule has 1 aliphatic carbocycles. The Hall–Kier alpha value is -2.88. The topological polar surface area (TPSA) is 44.1 Å². The van der Waals surface area contributed by atoms with Crippen LogP contribution in [0.5, 0.6) is 11.6 Å². The summed E-state index contributed by atoms with van der Waals surface area (Å²) >= 11 is 0. The molecule has 4 nitrogen and oxygen atoms in total. The van der Waals surface area contributed by atoms with Gasteiger partial charge in [-0.2, -0.15) is 0 Å². The van der Waals surface area contributed by atoms with Crippen molar-refractivity contribution < 1.29 is 24.2 Å². The maximum atomic E-state index is 12.9. The Balaban J connectivity index is 1.67. The molecule has 0 bridgehead atoms. The number of hydrogen-bond acceptors (Lipinski definition) is 3. The number of ether oxygens (including phenoxy) is 1. The summed E-state index contributed by atoms with van der Waals surface area (Å²) in [6.45, 7) is 0. The first kappa shape index (κ1) is 19.4. The fourth-order valence-electron chi connectivity index (χ4n) is 2.87. The molecular formula is C19H15F5N2O2S. The SMILES string of the molecule is O=c1ccc(-c2cccnc2Oc2ccc(S(F)(F)(F)(F)F)cc2)cn1C1CC1. The first-order valence-corrected chi connectivity index (χ1v) is 10.6. The minimum atomic E-state index is -9.74. The zero-order chi connectivity index (χ0) is 20.9. The normalized spacial score (nSPS) is 16.7. The number of hydrogen-bond donors (Lipinski definition) is 0. The molecule has 3 aromatic rings. The van der Waals surface area contributed by atoms with Gasteiger partial charge >= 0.3 is 10.2 Å². The van der Waals surface area contributed by atoms with E-state index in [1.165, 1.54) is 12.3 Å². The monoisotopic (exact) mass is 430 g/mol. The van der Waals surface area contributed by atoms with Gasteiger partial charge in [0.2, 0.25) is 5.88 Å². The Morgan fingerprint density at radius 1 is 0.966 bits per heavy atom. The van der Waals surface area contributed by atoms with Gasteiger partial charge in [0, 0.05) is 35.6 Å². The smallest absolute Gasteiger partial charge is 0.310 e. The van der Waals surface area contributed by atoms with Crippen molar-refractivity contribution in [1.29, 1.82) is 0 Å². The van der Waals surface area contributed by atoms with Crippen LogP contribution in [0, 0.1) is 0 Å². The summed E-state index contributed by atoms with van der Waals surface area (Å²) in [7, 11) is -9.74. The van der Waals surface area contributed by atoms with E-state index >= 15 is 0 Å². The molecule has 0 amide bonds. The predicted octanol–water partition coefficient (Wildman–Crippen LogP) is 6.69. The van der Waals surface area contributed by atoms with Crippen LogP contribution in [0.2, 0.25) is 0 Å². The quantitative estimate of drug-likeness (QED) is 0.424. The highest BCUT2D eigenvalue weighted by Crippen LogP contribution is 3.02. The molecule has 0 atom stereocenters. The minimum absolute atomic E-state index is 0.0774. The Bertz CT molecular complexity index is 1140. The first-order chi connectivity index (χ1) is 13.4. The number of pyridine rings is 2. The lowest BCUT2D eigenvalue weighted by molar-refractivity contribution is 0.363. The molecule has 4 rings (SSSR count). The number of aromatic nitrogens is 2. The van der Waals surface area contributed by atoms with Crippen molar-refractivity contribution in [3.8, 4) is 22.8 Å². The minimum Gasteiger partial charge on any atom is -0.438 e. The summed E-state index contributed by atoms with van der Waals surface area (Å²) in [5.41, 5.74) is 1.02. The molecule has 10 heteroatoms. The van der Waals surface area contributed by atoms with Gasteiger partial charge in [-0.3, -0.25) is 4.79 Å². The van der Waals surface area contributed by atoms with Crippen LogP contribution in [0.15, 0.2) is 70.6 Å². The molecule has 2 heterocycles. The van der Waals surface area contributed by atoms with Crippen LogP contribution in [0.4, 0.5) is 19.4 Å². The van der Waals surface area contributed by atoms with Crippen LogP contribution in [-0.4, -0.2) is 9.55 Å². The van der Waals surface area contributed by atoms with Crippen LogP contribution in [0.25, 0.3) is 11.1 Å². The maximum absolute atomic E-state index is 12.9. The summed E-state index contributed by atoms with van der Waals surface area (Å²) in [6, 6.07) is 8.71. The van der Waals surface area contributed by atoms with Crippen molar-refractivity contribution in [2.24, 2.45) is 0 Å². The molecule has 0 radical (unpaired) electrons. The molecule has 29 heavy (non-hydrogen) atoms. The highest BCUT2D eigenvalue weighted by atomic mass is 32.5. The summed E-state index contributed by atoms with van der Waals surface area (Å²) in [4.78, 5) is 14.1. The average molecular weight is 430 g/mol. The third kappa shape index (κ3) is 4.26. The number of halogens is 5. The second-order valence-electron chi connectivity index (χ2n) is 6.79. The number of nitrogens with zero attached hydrogens (tertiary/aromatic N) is 2. The molecule has 1 aliphatic rings. The van der Waals surface area contributed by atoms with E-state index in [0.717, 1.165) is 25.0 Å². The molecule has 0 saturated heterocycles. The molecular weight excluding hydrogens is 415 g/mol. The molecule has 1 aromatic carbocycles. The van der Waals surface area contributed by atoms with Gasteiger partial charge in [0.15, 0.2) is 0 Å². The largest absolute Gasteiger partial charge is 0.438 e. The third-order valence-corrected chi connectivity index (χ3v) is 5.61. The summed E-state index contributed by atoms with van der Waals surface area (Å²) < 4.78 is 71.4. The Morgan fingerprint density at radius 3 is 2.28 bits per heavy atom. The van der Waals surface area contributed by atoms with Crippen LogP contribution >= 0.6 is 10.2 Å². The van der Waals surface area contributed by atoms with Crippen molar-refractivity contribution in [2.75, 3.05) is 0 Å². The third-order valence-electron chi connectivity index (χ3n) is 4.44. The standard InChI is InChI=1S/C19H15F5N2O2S/c20-29(21,22,23,24)16-8-6-15(7-9-16)28-19-17(2-1-11-25-19)13-3-10-18(27)26(12-13)14-4-5-14/h1-3,6-12,14H,4-5H2. The maximum Gasteiger partial charge on any atom is 0.310 e. The molecule has 2 aromatic heterocycles. The highest BCUT2D eigenvalue weighted by molar-refractivity contribution is 8.45. The van der Waals surface area contributed by atoms with Gasteiger partial charge in [-0.15, -0.1) is 0 Å². The van der Waals surface area contributed by atoms with E-state index in [0.29, 0.717) is 11.1 Å². The fraction of sp³-hybridized carbons (Fsp3) is 0.158. The molecule has 154 valence electrons. The molecule has 0 N–H and O–H groups in total. The fourth-order valence-corrected chi connectivity index (χ4v) is 3.52. The van der Waals surface area contributed by atoms with Crippen molar-refractivity contribution in [3.63, 3.8) is 0 Å². The first-order valence-electron chi connectivity index (χ1n) is 8.60. The van der Waals surface area contributed by atoms with Crippen LogP contribution < -0.4 is 10.3 Å². The van der Waals surface area contributed by atoms with E-state index in [2.05, 4.69) is 4.98 Å². The predicted molar refractivity (Wildman–Crippen MR) is 100 cm³/mol. The Morgan fingerprint density at radius 2 is 1.66 bits per heavy atom. The van der Waals surface area contributed by atoms with Gasteiger partial charge in [0.25, 0.3) is 5.56 Å². The zero-order valence-electron chi connectivity index (χ0n) is 14.8. The molecule has 1 saturated carbocycles. The Labute approximate surface area is 162 Å². The number of rotatable bonds is 5. The van der Waals surface area contributed by atoms with E-state index < -0.39 is 15.1 Å². The van der Waals surface area contributed by atoms with Crippen molar-refractivity contribution >= 4 is 10.2 Å². The number of benzene rings is 1. The average Bonchev–Trinajstić information content (AvgIpc) is 3.46. The van der Waals surface area contributed by atoms with Crippen LogP contribution in [-0.2, 0) is 0 Å². The van der Waals surface area contributed by atoms with E-state index in [1.54, 1.807) is 29.0 Å². The van der Waals surface area contributed by atoms with Crippen molar-refractivity contribution in [2.45, 2.75) is 23.8 Å². The second kappa shape index (κ2) is 5.82. The van der Waals surface area contributed by atoms with Crippen LogP contribution in [0.1, 0.15) is 18.9 Å². The van der Waals surface area contributed by atoms with Gasteiger partial charge in [-0.1, -0.05) is 19.4 Å². The van der Waals surface area contributed by atoms with Crippen LogP contribution in [0.3, 0.4) is 0 Å². The van der Waals surface area contributed by atoms with E-state index in [9.17, 15) is 24.2 Å². The van der Waals surface area contributed by atoms with Gasteiger partial charge < -0.3 is 9.30 Å². The molecule has 0 aliphatic heterocycles. The van der Waals surface area contributed by atoms with E-state index in [-0.39, 0.29) is 35.4 Å². The lowest BCUT2D eigenvalue weighted by Crippen LogP contribution is -2.17. The molecule has 0 unspecified atom stereocenters. The lowest BCUT2D eigenvalue weighted by atomic mass is 10.1. The van der Waals surface area contributed by atoms with Gasteiger partial charge in [0.1, 0.15) is 10.6 Å². The summed E-state index contributed by atoms with van der Waals surface area (Å²) in [5.74, 6) is -0.000323. The Kier molecular flexibility index (Phi) is 3.90. The van der Waals surface area contributed by atoms with Gasteiger partial charge in [0.05, 0.1) is 0 Å². The molecule has 0 spiro atoms. The molecule has 1 fully saturated rings. The highest BCUT2D eigenvalue weighted by Gasteiger charge is 2.65. The van der Waals surface area contributed by atoms with Gasteiger partial charge in [-0.05, 0) is 55.3 Å². The zero-order valence-corrected chi connectivity index (χ0v) is 15.6. The van der Waals surface area contributed by atoms with E-state index in [1.807, 2.05) is 0 Å². The second-order valence-corrected chi connectivity index (χ2v) is 9.20. The van der Waals surface area contributed by atoms with Crippen molar-refractivity contribution in [1.82, 2.24) is 9.55 Å². The van der Waals surface area contributed by atoms with E-state index in [4.69, 9.17) is 4.74 Å². The summed E-state index contributed by atoms with van der Waals surface area (Å²) in [6.07, 6.45) is 4.94. The van der Waals surface area contributed by atoms with Gasteiger partial charge in [-0.25, -0.2) is 4.98 Å².